The van der Waals surface area contributed by atoms with Gasteiger partial charge in [-0.3, -0.25) is 0 Å². The van der Waals surface area contributed by atoms with Gasteiger partial charge in [-0.25, -0.2) is 0 Å². The van der Waals surface area contributed by atoms with Gasteiger partial charge in [0.15, 0.2) is 0 Å². The minimum atomic E-state index is -0.551. The van der Waals surface area contributed by atoms with Crippen molar-refractivity contribution >= 4 is 0 Å². The highest BCUT2D eigenvalue weighted by Crippen LogP contribution is 1.84. The molecule has 0 aliphatic rings. The topological polar surface area (TPSA) is 29.5 Å². The minimum Gasteiger partial charge on any atom is -0.387 e. The molecule has 0 spiro atoms. The first kappa shape index (κ1) is 8.40. The number of rotatable bonds is 5. The molecule has 2 nitrogen and oxygen atoms in total. The Balaban J connectivity index is 3.05. The standard InChI is InChI=1S/C7H12O2/c1-3-5-9-6-7(8)4-2/h3-4,7-8H,1-2,5-6H2/t7-/m1/s1. The number of aliphatic hydroxyl groups excluding tert-OH is 1. The van der Waals surface area contributed by atoms with Crippen molar-refractivity contribution in [1.82, 2.24) is 0 Å². The van der Waals surface area contributed by atoms with E-state index in [1.807, 2.05) is 0 Å². The summed E-state index contributed by atoms with van der Waals surface area (Å²) in [5.41, 5.74) is 0. The number of hydrogen-bond donors (Lipinski definition) is 1. The Hall–Kier alpha value is -0.600. The quantitative estimate of drug-likeness (QED) is 0.437. The molecule has 9 heavy (non-hydrogen) atoms. The molecule has 0 saturated heterocycles. The van der Waals surface area contributed by atoms with Crippen LogP contribution in [0.25, 0.3) is 0 Å². The molecule has 0 saturated carbocycles. The lowest BCUT2D eigenvalue weighted by atomic mass is 10.4. The minimum absolute atomic E-state index is 0.301. The van der Waals surface area contributed by atoms with Crippen molar-refractivity contribution in [3.63, 3.8) is 0 Å². The van der Waals surface area contributed by atoms with Gasteiger partial charge < -0.3 is 9.84 Å². The van der Waals surface area contributed by atoms with Gasteiger partial charge in [0.2, 0.25) is 0 Å². The molecule has 0 aliphatic heterocycles. The summed E-state index contributed by atoms with van der Waals surface area (Å²) in [5.74, 6) is 0. The second kappa shape index (κ2) is 5.54. The van der Waals surface area contributed by atoms with Gasteiger partial charge in [0.1, 0.15) is 0 Å². The van der Waals surface area contributed by atoms with Crippen LogP contribution in [0.4, 0.5) is 0 Å². The first-order valence-electron chi connectivity index (χ1n) is 2.80. The van der Waals surface area contributed by atoms with Gasteiger partial charge in [-0.15, -0.1) is 13.2 Å². The maximum Gasteiger partial charge on any atom is 0.0952 e. The monoisotopic (exact) mass is 128 g/mol. The summed E-state index contributed by atoms with van der Waals surface area (Å²) in [6.07, 6.45) is 2.52. The normalized spacial score (nSPS) is 12.6. The van der Waals surface area contributed by atoms with Gasteiger partial charge in [0.25, 0.3) is 0 Å². The highest BCUT2D eigenvalue weighted by atomic mass is 16.5. The van der Waals surface area contributed by atoms with Crippen LogP contribution in [-0.2, 0) is 4.74 Å². The molecule has 0 aromatic heterocycles. The van der Waals surface area contributed by atoms with Crippen LogP contribution < -0.4 is 0 Å². The molecule has 2 heteroatoms. The average Bonchev–Trinajstić information content (AvgIpc) is 1.89. The van der Waals surface area contributed by atoms with Gasteiger partial charge in [-0.1, -0.05) is 12.2 Å². The molecule has 0 amide bonds. The van der Waals surface area contributed by atoms with Gasteiger partial charge in [-0.2, -0.15) is 0 Å². The first-order valence-corrected chi connectivity index (χ1v) is 2.80. The maximum atomic E-state index is 8.81. The Kier molecular flexibility index (Phi) is 5.17. The largest absolute Gasteiger partial charge is 0.387 e. The molecule has 1 atom stereocenters. The molecule has 0 aliphatic carbocycles. The van der Waals surface area contributed by atoms with Gasteiger partial charge >= 0.3 is 0 Å². The smallest absolute Gasteiger partial charge is 0.0952 e. The van der Waals surface area contributed by atoms with Crippen LogP contribution in [0.2, 0.25) is 0 Å². The lowest BCUT2D eigenvalue weighted by molar-refractivity contribution is 0.0751. The third-order valence-electron chi connectivity index (χ3n) is 0.796. The second-order valence-corrected chi connectivity index (χ2v) is 1.63. The fourth-order valence-electron chi connectivity index (χ4n) is 0.340. The van der Waals surface area contributed by atoms with E-state index in [0.717, 1.165) is 0 Å². The van der Waals surface area contributed by atoms with Crippen molar-refractivity contribution in [1.29, 1.82) is 0 Å². The molecule has 52 valence electrons. The Morgan fingerprint density at radius 2 is 2.22 bits per heavy atom. The molecule has 0 bridgehead atoms. The van der Waals surface area contributed by atoms with Crippen LogP contribution in [0.15, 0.2) is 25.3 Å². The fraction of sp³-hybridized carbons (Fsp3) is 0.429. The third kappa shape index (κ3) is 5.27. The van der Waals surface area contributed by atoms with Crippen LogP contribution in [0.3, 0.4) is 0 Å². The summed E-state index contributed by atoms with van der Waals surface area (Å²) in [7, 11) is 0. The zero-order valence-electron chi connectivity index (χ0n) is 5.42. The summed E-state index contributed by atoms with van der Waals surface area (Å²) < 4.78 is 4.90. The molecule has 0 heterocycles. The van der Waals surface area contributed by atoms with E-state index >= 15 is 0 Å². The average molecular weight is 128 g/mol. The van der Waals surface area contributed by atoms with Crippen LogP contribution in [0.5, 0.6) is 0 Å². The lowest BCUT2D eigenvalue weighted by Gasteiger charge is -2.02. The zero-order chi connectivity index (χ0) is 7.11. The second-order valence-electron chi connectivity index (χ2n) is 1.63. The van der Waals surface area contributed by atoms with Gasteiger partial charge in [-0.05, 0) is 0 Å². The first-order chi connectivity index (χ1) is 4.31. The van der Waals surface area contributed by atoms with Crippen molar-refractivity contribution in [2.45, 2.75) is 6.10 Å². The van der Waals surface area contributed by atoms with E-state index in [1.165, 1.54) is 6.08 Å². The predicted molar refractivity (Wildman–Crippen MR) is 37.2 cm³/mol. The van der Waals surface area contributed by atoms with Crippen molar-refractivity contribution in [3.05, 3.63) is 25.3 Å². The van der Waals surface area contributed by atoms with E-state index in [-0.39, 0.29) is 0 Å². The summed E-state index contributed by atoms with van der Waals surface area (Å²) in [4.78, 5) is 0. The van der Waals surface area contributed by atoms with Crippen molar-refractivity contribution in [3.8, 4) is 0 Å². The Morgan fingerprint density at radius 1 is 1.56 bits per heavy atom. The van der Waals surface area contributed by atoms with Gasteiger partial charge in [0.05, 0.1) is 19.3 Å². The summed E-state index contributed by atoms with van der Waals surface area (Å²) in [6, 6.07) is 0. The van der Waals surface area contributed by atoms with Crippen LogP contribution in [0.1, 0.15) is 0 Å². The SMILES string of the molecule is C=CCOC[C@H](O)C=C. The van der Waals surface area contributed by atoms with Gasteiger partial charge in [0, 0.05) is 0 Å². The third-order valence-corrected chi connectivity index (χ3v) is 0.796. The fourth-order valence-corrected chi connectivity index (χ4v) is 0.340. The van der Waals surface area contributed by atoms with E-state index in [1.54, 1.807) is 6.08 Å². The van der Waals surface area contributed by atoms with Crippen molar-refractivity contribution < 1.29 is 9.84 Å². The number of ether oxygens (including phenoxy) is 1. The lowest BCUT2D eigenvalue weighted by Crippen LogP contribution is -2.11. The van der Waals surface area contributed by atoms with E-state index in [2.05, 4.69) is 13.2 Å². The molecule has 0 radical (unpaired) electrons. The van der Waals surface area contributed by atoms with Crippen LogP contribution >= 0.6 is 0 Å². The van der Waals surface area contributed by atoms with Crippen LogP contribution in [0, 0.1) is 0 Å². The summed E-state index contributed by atoms with van der Waals surface area (Å²) in [6.45, 7) is 7.61. The molecular formula is C7H12O2. The molecular weight excluding hydrogens is 116 g/mol. The zero-order valence-corrected chi connectivity index (χ0v) is 5.42. The highest BCUT2D eigenvalue weighted by Gasteiger charge is 1.93. The van der Waals surface area contributed by atoms with E-state index in [0.29, 0.717) is 13.2 Å². The van der Waals surface area contributed by atoms with Crippen molar-refractivity contribution in [2.75, 3.05) is 13.2 Å². The molecule has 0 rings (SSSR count). The summed E-state index contributed by atoms with van der Waals surface area (Å²) in [5, 5.41) is 8.81. The van der Waals surface area contributed by atoms with E-state index in [9.17, 15) is 0 Å². The molecule has 0 unspecified atom stereocenters. The van der Waals surface area contributed by atoms with E-state index in [4.69, 9.17) is 9.84 Å². The predicted octanol–water partition coefficient (Wildman–Crippen LogP) is 0.736. The molecule has 0 fully saturated rings. The van der Waals surface area contributed by atoms with Crippen molar-refractivity contribution in [2.24, 2.45) is 0 Å². The van der Waals surface area contributed by atoms with Crippen LogP contribution in [-0.4, -0.2) is 24.4 Å². The summed E-state index contributed by atoms with van der Waals surface area (Å²) >= 11 is 0. The Morgan fingerprint density at radius 3 is 2.67 bits per heavy atom. The molecule has 0 aromatic carbocycles. The Labute approximate surface area is 55.5 Å². The Bertz CT molecular complexity index is 88.9. The molecule has 0 aromatic rings. The molecule has 1 N–H and O–H groups in total. The maximum absolute atomic E-state index is 8.81. The highest BCUT2D eigenvalue weighted by molar-refractivity contribution is 4.77. The van der Waals surface area contributed by atoms with E-state index < -0.39 is 6.10 Å². The number of aliphatic hydroxyl groups is 1. The number of hydrogen-bond acceptors (Lipinski definition) is 2.